The molecule has 0 aromatic heterocycles. The Morgan fingerprint density at radius 2 is 1.11 bits per heavy atom. The summed E-state index contributed by atoms with van der Waals surface area (Å²) in [6.07, 6.45) is 0. The van der Waals surface area contributed by atoms with Crippen LogP contribution in [0, 0.1) is 0 Å². The van der Waals surface area contributed by atoms with Crippen LogP contribution in [0.2, 0.25) is 0 Å². The van der Waals surface area contributed by atoms with E-state index in [9.17, 15) is 24.6 Å². The fourth-order valence-electron chi connectivity index (χ4n) is 1.44. The van der Waals surface area contributed by atoms with Crippen LogP contribution >= 0.6 is 0 Å². The highest BCUT2D eigenvalue weighted by atomic mass is 32.2. The zero-order valence-corrected chi connectivity index (χ0v) is 9.89. The average molecular weight is 266 g/mol. The molecular formula is C12H10O5S. The first-order chi connectivity index (χ1) is 8.52. The van der Waals surface area contributed by atoms with Gasteiger partial charge >= 0.3 is 0 Å². The fourth-order valence-corrected chi connectivity index (χ4v) is 2.64. The van der Waals surface area contributed by atoms with Gasteiger partial charge < -0.3 is 20.4 Å². The van der Waals surface area contributed by atoms with Crippen LogP contribution in [-0.2, 0) is 10.8 Å². The molecule has 0 atom stereocenters. The molecule has 0 amide bonds. The molecule has 0 unspecified atom stereocenters. The lowest BCUT2D eigenvalue weighted by Crippen LogP contribution is -1.94. The molecule has 0 fully saturated rings. The second kappa shape index (κ2) is 4.58. The van der Waals surface area contributed by atoms with E-state index in [0.29, 0.717) is 0 Å². The first kappa shape index (κ1) is 12.3. The van der Waals surface area contributed by atoms with Gasteiger partial charge in [0.15, 0.2) is 23.0 Å². The van der Waals surface area contributed by atoms with Crippen LogP contribution in [0.15, 0.2) is 46.2 Å². The van der Waals surface area contributed by atoms with Crippen LogP contribution in [0.3, 0.4) is 0 Å². The minimum absolute atomic E-state index is 0.0455. The van der Waals surface area contributed by atoms with E-state index < -0.39 is 33.8 Å². The normalized spacial score (nSPS) is 10.7. The summed E-state index contributed by atoms with van der Waals surface area (Å²) >= 11 is 0. The van der Waals surface area contributed by atoms with Crippen molar-refractivity contribution in [3.05, 3.63) is 36.4 Å². The summed E-state index contributed by atoms with van der Waals surface area (Å²) in [6, 6.07) is 8.05. The van der Waals surface area contributed by atoms with Crippen molar-refractivity contribution in [3.8, 4) is 23.0 Å². The maximum Gasteiger partial charge on any atom is 0.174 e. The van der Waals surface area contributed by atoms with Crippen molar-refractivity contribution in [1.82, 2.24) is 0 Å². The SMILES string of the molecule is O=S(c1cccc(O)c1O)c1cccc(O)c1O. The van der Waals surface area contributed by atoms with E-state index in [2.05, 4.69) is 0 Å². The molecule has 2 rings (SSSR count). The molecule has 6 heteroatoms. The Kier molecular flexibility index (Phi) is 3.12. The van der Waals surface area contributed by atoms with Gasteiger partial charge in [0.1, 0.15) is 0 Å². The van der Waals surface area contributed by atoms with Gasteiger partial charge in [-0.2, -0.15) is 0 Å². The van der Waals surface area contributed by atoms with Crippen LogP contribution in [0.5, 0.6) is 23.0 Å². The highest BCUT2D eigenvalue weighted by Crippen LogP contribution is 2.37. The van der Waals surface area contributed by atoms with E-state index in [0.717, 1.165) is 0 Å². The molecule has 94 valence electrons. The topological polar surface area (TPSA) is 98.0 Å². The highest BCUT2D eigenvalue weighted by Gasteiger charge is 2.18. The third kappa shape index (κ3) is 1.98. The molecule has 4 N–H and O–H groups in total. The van der Waals surface area contributed by atoms with E-state index in [-0.39, 0.29) is 9.79 Å². The summed E-state index contributed by atoms with van der Waals surface area (Å²) in [5, 5.41) is 37.9. The Hall–Kier alpha value is -2.21. The van der Waals surface area contributed by atoms with Gasteiger partial charge in [-0.05, 0) is 24.3 Å². The van der Waals surface area contributed by atoms with Crippen LogP contribution < -0.4 is 0 Å². The minimum atomic E-state index is -1.91. The number of phenolic OH excluding ortho intramolecular Hbond substituents is 4. The third-order valence-electron chi connectivity index (χ3n) is 2.35. The number of rotatable bonds is 2. The highest BCUT2D eigenvalue weighted by molar-refractivity contribution is 7.85. The molecule has 0 saturated heterocycles. The van der Waals surface area contributed by atoms with Crippen LogP contribution in [-0.4, -0.2) is 24.6 Å². The summed E-state index contributed by atoms with van der Waals surface area (Å²) < 4.78 is 12.2. The minimum Gasteiger partial charge on any atom is -0.504 e. The van der Waals surface area contributed by atoms with E-state index in [4.69, 9.17) is 0 Å². The van der Waals surface area contributed by atoms with Gasteiger partial charge in [-0.15, -0.1) is 0 Å². The number of hydrogen-bond acceptors (Lipinski definition) is 5. The summed E-state index contributed by atoms with van der Waals surface area (Å²) in [7, 11) is -1.91. The molecule has 0 aliphatic carbocycles. The maximum absolute atomic E-state index is 12.2. The molecule has 0 saturated carbocycles. The predicted octanol–water partition coefficient (Wildman–Crippen LogP) is 1.68. The van der Waals surface area contributed by atoms with Gasteiger partial charge in [0, 0.05) is 0 Å². The zero-order valence-electron chi connectivity index (χ0n) is 9.07. The van der Waals surface area contributed by atoms with Crippen LogP contribution in [0.25, 0.3) is 0 Å². The Labute approximate surface area is 105 Å². The smallest absolute Gasteiger partial charge is 0.174 e. The molecule has 0 bridgehead atoms. The number of para-hydroxylation sites is 2. The number of phenols is 4. The monoisotopic (exact) mass is 266 g/mol. The van der Waals surface area contributed by atoms with Gasteiger partial charge in [0.2, 0.25) is 0 Å². The quantitative estimate of drug-likeness (QED) is 0.620. The first-order valence-electron chi connectivity index (χ1n) is 4.96. The van der Waals surface area contributed by atoms with E-state index in [1.165, 1.54) is 36.4 Å². The van der Waals surface area contributed by atoms with Crippen molar-refractivity contribution in [2.45, 2.75) is 9.79 Å². The van der Waals surface area contributed by atoms with E-state index >= 15 is 0 Å². The molecule has 2 aromatic rings. The molecule has 0 heterocycles. The Morgan fingerprint density at radius 3 is 1.50 bits per heavy atom. The summed E-state index contributed by atoms with van der Waals surface area (Å²) in [6.45, 7) is 0. The van der Waals surface area contributed by atoms with E-state index in [1.54, 1.807) is 0 Å². The molecule has 0 spiro atoms. The Balaban J connectivity index is 2.55. The Morgan fingerprint density at radius 1 is 0.722 bits per heavy atom. The molecule has 2 aromatic carbocycles. The summed E-state index contributed by atoms with van der Waals surface area (Å²) in [5.41, 5.74) is 0. The van der Waals surface area contributed by atoms with Crippen molar-refractivity contribution in [1.29, 1.82) is 0 Å². The second-order valence-electron chi connectivity index (χ2n) is 3.52. The van der Waals surface area contributed by atoms with Crippen molar-refractivity contribution in [2.24, 2.45) is 0 Å². The van der Waals surface area contributed by atoms with Crippen molar-refractivity contribution in [3.63, 3.8) is 0 Å². The molecule has 0 aliphatic heterocycles. The van der Waals surface area contributed by atoms with Crippen LogP contribution in [0.1, 0.15) is 0 Å². The lowest BCUT2D eigenvalue weighted by molar-refractivity contribution is 0.391. The lowest BCUT2D eigenvalue weighted by atomic mass is 10.3. The first-order valence-corrected chi connectivity index (χ1v) is 6.11. The zero-order chi connectivity index (χ0) is 13.3. The fraction of sp³-hybridized carbons (Fsp3) is 0. The molecule has 0 radical (unpaired) electrons. The molecule has 18 heavy (non-hydrogen) atoms. The lowest BCUT2D eigenvalue weighted by Gasteiger charge is -2.08. The third-order valence-corrected chi connectivity index (χ3v) is 3.81. The summed E-state index contributed by atoms with van der Waals surface area (Å²) in [5.74, 6) is -1.84. The maximum atomic E-state index is 12.2. The second-order valence-corrected chi connectivity index (χ2v) is 4.93. The number of aromatic hydroxyl groups is 4. The van der Waals surface area contributed by atoms with Gasteiger partial charge in [-0.25, -0.2) is 4.21 Å². The molecular weight excluding hydrogens is 256 g/mol. The molecule has 5 nitrogen and oxygen atoms in total. The molecule has 0 aliphatic rings. The summed E-state index contributed by atoms with van der Waals surface area (Å²) in [4.78, 5) is -0.0909. The average Bonchev–Trinajstić information content (AvgIpc) is 2.35. The van der Waals surface area contributed by atoms with Crippen LogP contribution in [0.4, 0.5) is 0 Å². The van der Waals surface area contributed by atoms with Gasteiger partial charge in [0.25, 0.3) is 0 Å². The Bertz CT molecular complexity index is 570. The van der Waals surface area contributed by atoms with Gasteiger partial charge in [-0.3, -0.25) is 0 Å². The predicted molar refractivity (Wildman–Crippen MR) is 64.2 cm³/mol. The largest absolute Gasteiger partial charge is 0.504 e. The van der Waals surface area contributed by atoms with Crippen molar-refractivity contribution in [2.75, 3.05) is 0 Å². The standard InChI is InChI=1S/C12H10O5S/c13-7-3-1-5-9(11(7)15)18(17)10-6-2-4-8(14)12(10)16/h1-6,13-16H. The van der Waals surface area contributed by atoms with Crippen molar-refractivity contribution >= 4 is 10.8 Å². The van der Waals surface area contributed by atoms with Gasteiger partial charge in [-0.1, -0.05) is 12.1 Å². The number of benzene rings is 2. The van der Waals surface area contributed by atoms with E-state index in [1.807, 2.05) is 0 Å². The van der Waals surface area contributed by atoms with Crippen molar-refractivity contribution < 1.29 is 24.6 Å². The van der Waals surface area contributed by atoms with Gasteiger partial charge in [0.05, 0.1) is 20.6 Å². The number of hydrogen-bond donors (Lipinski definition) is 4.